The van der Waals surface area contributed by atoms with Gasteiger partial charge in [0.15, 0.2) is 0 Å². The fourth-order valence-electron chi connectivity index (χ4n) is 3.06. The summed E-state index contributed by atoms with van der Waals surface area (Å²) in [5, 5.41) is 3.67. The number of hydrogen-bond acceptors (Lipinski definition) is 2. The van der Waals surface area contributed by atoms with Crippen molar-refractivity contribution in [1.29, 1.82) is 0 Å². The van der Waals surface area contributed by atoms with Crippen LogP contribution >= 0.6 is 15.9 Å². The van der Waals surface area contributed by atoms with E-state index in [9.17, 15) is 0 Å². The number of rotatable bonds is 7. The number of ether oxygens (including phenoxy) is 1. The lowest BCUT2D eigenvalue weighted by atomic mass is 9.91. The van der Waals surface area contributed by atoms with E-state index in [1.165, 1.54) is 28.4 Å². The van der Waals surface area contributed by atoms with Gasteiger partial charge in [-0.15, -0.1) is 0 Å². The summed E-state index contributed by atoms with van der Waals surface area (Å²) in [6.45, 7) is 8.78. The summed E-state index contributed by atoms with van der Waals surface area (Å²) < 4.78 is 7.02. The Bertz CT molecular complexity index is 447. The molecule has 1 aliphatic rings. The molecule has 1 aromatic rings. The standard InChI is InChI=1S/C17H26BrNO/c1-4-7-19-16(5-2)12(3)9-14-11-15(18)10-13-6-8-20-17(13)14/h10-12,16,19H,4-9H2,1-3H3. The lowest BCUT2D eigenvalue weighted by Crippen LogP contribution is -2.35. The molecule has 0 spiro atoms. The van der Waals surface area contributed by atoms with Gasteiger partial charge >= 0.3 is 0 Å². The molecule has 0 fully saturated rings. The summed E-state index contributed by atoms with van der Waals surface area (Å²) in [5.41, 5.74) is 2.72. The maximum Gasteiger partial charge on any atom is 0.125 e. The van der Waals surface area contributed by atoms with Gasteiger partial charge in [0, 0.05) is 16.9 Å². The normalized spacial score (nSPS) is 16.6. The summed E-state index contributed by atoms with van der Waals surface area (Å²) in [4.78, 5) is 0. The summed E-state index contributed by atoms with van der Waals surface area (Å²) in [5.74, 6) is 1.76. The maximum absolute atomic E-state index is 5.84. The van der Waals surface area contributed by atoms with Gasteiger partial charge < -0.3 is 10.1 Å². The van der Waals surface area contributed by atoms with Gasteiger partial charge in [0.2, 0.25) is 0 Å². The third-order valence-electron chi connectivity index (χ3n) is 4.15. The molecule has 1 aliphatic heterocycles. The monoisotopic (exact) mass is 339 g/mol. The van der Waals surface area contributed by atoms with Crippen LogP contribution in [0.4, 0.5) is 0 Å². The van der Waals surface area contributed by atoms with Crippen LogP contribution in [0.3, 0.4) is 0 Å². The second kappa shape index (κ2) is 7.46. The molecule has 1 aromatic carbocycles. The lowest BCUT2D eigenvalue weighted by molar-refractivity contribution is 0.339. The van der Waals surface area contributed by atoms with Crippen molar-refractivity contribution in [3.63, 3.8) is 0 Å². The summed E-state index contributed by atoms with van der Waals surface area (Å²) in [7, 11) is 0. The highest BCUT2D eigenvalue weighted by Gasteiger charge is 2.21. The quantitative estimate of drug-likeness (QED) is 0.797. The van der Waals surface area contributed by atoms with Crippen LogP contribution in [0.1, 0.15) is 44.7 Å². The van der Waals surface area contributed by atoms with Crippen LogP contribution in [0.25, 0.3) is 0 Å². The van der Waals surface area contributed by atoms with E-state index in [-0.39, 0.29) is 0 Å². The van der Waals surface area contributed by atoms with Crippen LogP contribution in [0.2, 0.25) is 0 Å². The molecule has 3 heteroatoms. The van der Waals surface area contributed by atoms with Crippen LogP contribution in [0.5, 0.6) is 5.75 Å². The number of benzene rings is 1. The first-order valence-corrected chi connectivity index (χ1v) is 8.62. The minimum Gasteiger partial charge on any atom is -0.493 e. The average molecular weight is 340 g/mol. The molecule has 2 atom stereocenters. The summed E-state index contributed by atoms with van der Waals surface area (Å²) in [6, 6.07) is 5.02. The first-order chi connectivity index (χ1) is 9.65. The van der Waals surface area contributed by atoms with Crippen LogP contribution < -0.4 is 10.1 Å². The summed E-state index contributed by atoms with van der Waals surface area (Å²) >= 11 is 3.63. The van der Waals surface area contributed by atoms with E-state index >= 15 is 0 Å². The molecule has 0 aromatic heterocycles. The van der Waals surface area contributed by atoms with Crippen molar-refractivity contribution in [1.82, 2.24) is 5.32 Å². The van der Waals surface area contributed by atoms with Gasteiger partial charge in [0.1, 0.15) is 5.75 Å². The SMILES string of the molecule is CCCNC(CC)C(C)Cc1cc(Br)cc2c1OCC2. The fraction of sp³-hybridized carbons (Fsp3) is 0.647. The second-order valence-corrected chi connectivity index (χ2v) is 6.72. The van der Waals surface area contributed by atoms with Gasteiger partial charge in [-0.1, -0.05) is 36.7 Å². The van der Waals surface area contributed by atoms with Crippen LogP contribution in [0.15, 0.2) is 16.6 Å². The number of halogens is 1. The minimum atomic E-state index is 0.589. The van der Waals surface area contributed by atoms with Crippen molar-refractivity contribution >= 4 is 15.9 Å². The number of hydrogen-bond donors (Lipinski definition) is 1. The Morgan fingerprint density at radius 1 is 1.35 bits per heavy atom. The molecule has 112 valence electrons. The van der Waals surface area contributed by atoms with Crippen molar-refractivity contribution in [3.05, 3.63) is 27.7 Å². The predicted octanol–water partition coefficient (Wildman–Crippen LogP) is 4.34. The molecule has 0 radical (unpaired) electrons. The smallest absolute Gasteiger partial charge is 0.125 e. The molecule has 0 saturated carbocycles. The molecule has 1 N–H and O–H groups in total. The minimum absolute atomic E-state index is 0.589. The van der Waals surface area contributed by atoms with E-state index in [0.717, 1.165) is 31.7 Å². The Hall–Kier alpha value is -0.540. The first-order valence-electron chi connectivity index (χ1n) is 7.83. The Labute approximate surface area is 131 Å². The fourth-order valence-corrected chi connectivity index (χ4v) is 3.62. The van der Waals surface area contributed by atoms with E-state index in [2.05, 4.69) is 54.2 Å². The van der Waals surface area contributed by atoms with Crippen molar-refractivity contribution < 1.29 is 4.74 Å². The van der Waals surface area contributed by atoms with Crippen LogP contribution in [-0.4, -0.2) is 19.2 Å². The van der Waals surface area contributed by atoms with Crippen molar-refractivity contribution in [2.75, 3.05) is 13.2 Å². The molecule has 2 nitrogen and oxygen atoms in total. The topological polar surface area (TPSA) is 21.3 Å². The molecule has 20 heavy (non-hydrogen) atoms. The van der Waals surface area contributed by atoms with Gasteiger partial charge in [-0.2, -0.15) is 0 Å². The van der Waals surface area contributed by atoms with Gasteiger partial charge in [0.05, 0.1) is 6.61 Å². The van der Waals surface area contributed by atoms with Gasteiger partial charge in [-0.25, -0.2) is 0 Å². The third-order valence-corrected chi connectivity index (χ3v) is 4.61. The zero-order chi connectivity index (χ0) is 14.5. The lowest BCUT2D eigenvalue weighted by Gasteiger charge is -2.25. The molecule has 0 aliphatic carbocycles. The highest BCUT2D eigenvalue weighted by molar-refractivity contribution is 9.10. The van der Waals surface area contributed by atoms with Crippen LogP contribution in [-0.2, 0) is 12.8 Å². The molecule has 1 heterocycles. The van der Waals surface area contributed by atoms with E-state index in [1.807, 2.05) is 0 Å². The van der Waals surface area contributed by atoms with E-state index in [4.69, 9.17) is 4.74 Å². The molecule has 2 rings (SSSR count). The zero-order valence-electron chi connectivity index (χ0n) is 12.8. The highest BCUT2D eigenvalue weighted by Crippen LogP contribution is 2.34. The first kappa shape index (κ1) is 15.8. The Balaban J connectivity index is 2.09. The summed E-state index contributed by atoms with van der Waals surface area (Å²) in [6.07, 6.45) is 4.50. The van der Waals surface area contributed by atoms with E-state index < -0.39 is 0 Å². The van der Waals surface area contributed by atoms with Gasteiger partial charge in [-0.3, -0.25) is 0 Å². The largest absolute Gasteiger partial charge is 0.493 e. The highest BCUT2D eigenvalue weighted by atomic mass is 79.9. The Morgan fingerprint density at radius 2 is 2.15 bits per heavy atom. The molecular formula is C17H26BrNO. The van der Waals surface area contributed by atoms with E-state index in [0.29, 0.717) is 12.0 Å². The van der Waals surface area contributed by atoms with Crippen molar-refractivity contribution in [2.24, 2.45) is 5.92 Å². The second-order valence-electron chi connectivity index (χ2n) is 5.80. The molecule has 2 unspecified atom stereocenters. The molecule has 0 saturated heterocycles. The molecule has 0 amide bonds. The molecule has 0 bridgehead atoms. The number of nitrogens with one attached hydrogen (secondary N) is 1. The van der Waals surface area contributed by atoms with Crippen molar-refractivity contribution in [2.45, 2.75) is 52.5 Å². The molecular weight excluding hydrogens is 314 g/mol. The average Bonchev–Trinajstić information content (AvgIpc) is 2.87. The van der Waals surface area contributed by atoms with Crippen LogP contribution in [0, 0.1) is 5.92 Å². The Kier molecular flexibility index (Phi) is 5.91. The zero-order valence-corrected chi connectivity index (χ0v) is 14.4. The van der Waals surface area contributed by atoms with Gasteiger partial charge in [0.25, 0.3) is 0 Å². The van der Waals surface area contributed by atoms with E-state index in [1.54, 1.807) is 0 Å². The maximum atomic E-state index is 5.84. The predicted molar refractivity (Wildman–Crippen MR) is 88.6 cm³/mol. The van der Waals surface area contributed by atoms with Crippen molar-refractivity contribution in [3.8, 4) is 5.75 Å². The number of fused-ring (bicyclic) bond motifs is 1. The third kappa shape index (κ3) is 3.76. The van der Waals surface area contributed by atoms with Gasteiger partial charge in [-0.05, 0) is 55.0 Å². The Morgan fingerprint density at radius 3 is 2.85 bits per heavy atom.